The van der Waals surface area contributed by atoms with Gasteiger partial charge in [0.15, 0.2) is 0 Å². The molecule has 0 radical (unpaired) electrons. The number of aryl methyl sites for hydroxylation is 2. The highest BCUT2D eigenvalue weighted by atomic mass is 32.2. The number of aliphatic hydroxyl groups excluding tert-OH is 1. The van der Waals surface area contributed by atoms with Gasteiger partial charge in [-0.1, -0.05) is 43.7 Å². The fourth-order valence-corrected chi connectivity index (χ4v) is 6.14. The number of carbonyl (C=O) groups is 1. The van der Waals surface area contributed by atoms with Crippen LogP contribution in [0.5, 0.6) is 0 Å². The Bertz CT molecular complexity index is 1340. The number of aliphatic hydroxyl groups is 1. The summed E-state index contributed by atoms with van der Waals surface area (Å²) in [7, 11) is -1.94. The summed E-state index contributed by atoms with van der Waals surface area (Å²) in [6.45, 7) is 6.01. The molecule has 2 aromatic carbocycles. The predicted octanol–water partition coefficient (Wildman–Crippen LogP) is 3.08. The van der Waals surface area contributed by atoms with E-state index >= 15 is 0 Å². The summed E-state index contributed by atoms with van der Waals surface area (Å²) in [4.78, 5) is 13.6. The monoisotopic (exact) mass is 526 g/mol. The molecule has 37 heavy (non-hydrogen) atoms. The molecule has 2 atom stereocenters. The number of hydrogen-bond donors (Lipinski definition) is 3. The lowest BCUT2D eigenvalue weighted by atomic mass is 10.00. The number of nitrogens with zero attached hydrogens (tertiary/aromatic N) is 2. The number of aromatic nitrogens is 1. The maximum atomic E-state index is 13.6. The van der Waals surface area contributed by atoms with Crippen LogP contribution in [0.4, 0.5) is 5.69 Å². The van der Waals surface area contributed by atoms with E-state index in [1.54, 1.807) is 13.1 Å². The Morgan fingerprint density at radius 2 is 1.92 bits per heavy atom. The largest absolute Gasteiger partial charge is 0.390 e. The summed E-state index contributed by atoms with van der Waals surface area (Å²) in [6, 6.07) is 12.7. The first-order valence-electron chi connectivity index (χ1n) is 13.1. The number of hydrogen-bond acceptors (Lipinski definition) is 5. The van der Waals surface area contributed by atoms with Crippen molar-refractivity contribution in [3.8, 4) is 0 Å². The first kappa shape index (κ1) is 27.2. The molecular formula is C28H38N4O4S. The highest BCUT2D eigenvalue weighted by molar-refractivity contribution is 7.92. The molecule has 0 unspecified atom stereocenters. The fourth-order valence-electron chi connectivity index (χ4n) is 4.94. The molecule has 1 aliphatic rings. The van der Waals surface area contributed by atoms with Crippen LogP contribution in [0.3, 0.4) is 0 Å². The van der Waals surface area contributed by atoms with Crippen LogP contribution in [0.25, 0.3) is 10.9 Å². The van der Waals surface area contributed by atoms with E-state index in [1.165, 1.54) is 4.31 Å². The van der Waals surface area contributed by atoms with E-state index < -0.39 is 22.2 Å². The topological polar surface area (TPSA) is 104 Å². The van der Waals surface area contributed by atoms with E-state index in [1.807, 2.05) is 49.5 Å². The summed E-state index contributed by atoms with van der Waals surface area (Å²) in [5.41, 5.74) is 3.71. The molecule has 2 heterocycles. The maximum absolute atomic E-state index is 13.6. The minimum absolute atomic E-state index is 0.0267. The number of sulfonamides is 1. The summed E-state index contributed by atoms with van der Waals surface area (Å²) in [5.74, 6) is -0.314. The molecule has 200 valence electrons. The average Bonchev–Trinajstić information content (AvgIpc) is 3.22. The van der Waals surface area contributed by atoms with Crippen molar-refractivity contribution in [1.29, 1.82) is 0 Å². The summed E-state index contributed by atoms with van der Waals surface area (Å²) in [5, 5.41) is 18.2. The zero-order chi connectivity index (χ0) is 26.6. The Balaban J connectivity index is 1.66. The Morgan fingerprint density at radius 3 is 2.62 bits per heavy atom. The van der Waals surface area contributed by atoms with Gasteiger partial charge in [0.25, 0.3) is 5.91 Å². The van der Waals surface area contributed by atoms with Crippen molar-refractivity contribution in [2.45, 2.75) is 58.2 Å². The first-order chi connectivity index (χ1) is 17.7. The van der Waals surface area contributed by atoms with E-state index in [2.05, 4.69) is 22.1 Å². The standard InChI is InChI=1S/C28H38N4O4S/c1-4-6-13-29-18-26(33)23(15-20-10-8-7-9-11-20)30-28(34)22-16-24-27-21(12-14-37(35,36)31(24)3)19-32(5-2)25(27)17-22/h7-11,16-17,19,23,26,29,33H,4-6,12-15,18H2,1-3H3,(H,30,34)/t23-,26+/m0/s1. The maximum Gasteiger partial charge on any atom is 0.251 e. The smallest absolute Gasteiger partial charge is 0.251 e. The van der Waals surface area contributed by atoms with Crippen LogP contribution < -0.4 is 14.9 Å². The molecule has 0 saturated carbocycles. The fraction of sp³-hybridized carbons (Fsp3) is 0.464. The molecule has 1 amide bonds. The van der Waals surface area contributed by atoms with Gasteiger partial charge in [0, 0.05) is 37.3 Å². The lowest BCUT2D eigenvalue weighted by molar-refractivity contribution is 0.0831. The van der Waals surface area contributed by atoms with Gasteiger partial charge >= 0.3 is 0 Å². The normalized spacial score (nSPS) is 16.4. The minimum atomic E-state index is -3.49. The van der Waals surface area contributed by atoms with Gasteiger partial charge in [-0.15, -0.1) is 0 Å². The second kappa shape index (κ2) is 11.7. The Labute approximate surface area is 219 Å². The lowest BCUT2D eigenvalue weighted by Crippen LogP contribution is -2.48. The third-order valence-electron chi connectivity index (χ3n) is 7.17. The average molecular weight is 527 g/mol. The van der Waals surface area contributed by atoms with Crippen LogP contribution in [0.1, 0.15) is 48.2 Å². The Kier molecular flexibility index (Phi) is 8.56. The van der Waals surface area contributed by atoms with Gasteiger partial charge in [0.1, 0.15) is 0 Å². The Morgan fingerprint density at radius 1 is 1.16 bits per heavy atom. The second-order valence-electron chi connectivity index (χ2n) is 9.76. The van der Waals surface area contributed by atoms with Crippen molar-refractivity contribution in [3.63, 3.8) is 0 Å². The number of rotatable bonds is 11. The van der Waals surface area contributed by atoms with Gasteiger partial charge in [-0.3, -0.25) is 9.10 Å². The zero-order valence-corrected chi connectivity index (χ0v) is 22.7. The van der Waals surface area contributed by atoms with Crippen molar-refractivity contribution in [3.05, 3.63) is 65.4 Å². The molecule has 4 rings (SSSR count). The van der Waals surface area contributed by atoms with Crippen LogP contribution in [-0.4, -0.2) is 62.0 Å². The number of carbonyl (C=O) groups excluding carboxylic acids is 1. The third kappa shape index (κ3) is 6.00. The van der Waals surface area contributed by atoms with Gasteiger partial charge < -0.3 is 20.3 Å². The summed E-state index contributed by atoms with van der Waals surface area (Å²) >= 11 is 0. The van der Waals surface area contributed by atoms with Crippen molar-refractivity contribution in [1.82, 2.24) is 15.2 Å². The van der Waals surface area contributed by atoms with Gasteiger partial charge in [0.2, 0.25) is 10.0 Å². The lowest BCUT2D eigenvalue weighted by Gasteiger charge is -2.25. The molecule has 8 nitrogen and oxygen atoms in total. The second-order valence-corrected chi connectivity index (χ2v) is 11.9. The van der Waals surface area contributed by atoms with Gasteiger partial charge in [0.05, 0.1) is 29.1 Å². The van der Waals surface area contributed by atoms with E-state index in [0.717, 1.165) is 41.4 Å². The highest BCUT2D eigenvalue weighted by Gasteiger charge is 2.29. The Hall–Kier alpha value is -2.88. The molecule has 9 heteroatoms. The molecule has 3 N–H and O–H groups in total. The first-order valence-corrected chi connectivity index (χ1v) is 14.7. The molecule has 0 bridgehead atoms. The van der Waals surface area contributed by atoms with Crippen LogP contribution in [0.15, 0.2) is 48.7 Å². The SMILES string of the molecule is CCCCNC[C@@H](O)[C@H](Cc1ccccc1)NC(=O)c1cc2c3c(cn(CC)c3c1)CCS(=O)(=O)N2C. The molecular weight excluding hydrogens is 488 g/mol. The molecule has 1 aromatic heterocycles. The van der Waals surface area contributed by atoms with E-state index in [9.17, 15) is 18.3 Å². The quantitative estimate of drug-likeness (QED) is 0.333. The van der Waals surface area contributed by atoms with Crippen molar-refractivity contribution in [2.24, 2.45) is 0 Å². The molecule has 0 spiro atoms. The van der Waals surface area contributed by atoms with Crippen LogP contribution >= 0.6 is 0 Å². The molecule has 3 aromatic rings. The highest BCUT2D eigenvalue weighted by Crippen LogP contribution is 2.36. The van der Waals surface area contributed by atoms with E-state index in [-0.39, 0.29) is 11.7 Å². The number of nitrogens with one attached hydrogen (secondary N) is 2. The number of unbranched alkanes of at least 4 members (excludes halogenated alkanes) is 1. The van der Waals surface area contributed by atoms with Gasteiger partial charge in [-0.2, -0.15) is 0 Å². The van der Waals surface area contributed by atoms with E-state index in [0.29, 0.717) is 37.2 Å². The number of benzene rings is 2. The molecule has 1 aliphatic heterocycles. The number of amides is 1. The molecule has 0 aliphatic carbocycles. The minimum Gasteiger partial charge on any atom is -0.390 e. The van der Waals surface area contributed by atoms with Crippen molar-refractivity contribution < 1.29 is 18.3 Å². The molecule has 0 saturated heterocycles. The predicted molar refractivity (Wildman–Crippen MR) is 149 cm³/mol. The van der Waals surface area contributed by atoms with Gasteiger partial charge in [-0.05, 0) is 56.0 Å². The third-order valence-corrected chi connectivity index (χ3v) is 8.92. The zero-order valence-electron chi connectivity index (χ0n) is 21.9. The number of anilines is 1. The molecule has 0 fully saturated rings. The van der Waals surface area contributed by atoms with Crippen molar-refractivity contribution >= 4 is 32.5 Å². The van der Waals surface area contributed by atoms with Crippen molar-refractivity contribution in [2.75, 3.05) is 30.2 Å². The van der Waals surface area contributed by atoms with Gasteiger partial charge in [-0.25, -0.2) is 8.42 Å². The van der Waals surface area contributed by atoms with E-state index in [4.69, 9.17) is 0 Å². The van der Waals surface area contributed by atoms with Crippen LogP contribution in [0, 0.1) is 0 Å². The summed E-state index contributed by atoms with van der Waals surface area (Å²) in [6.07, 6.45) is 4.19. The summed E-state index contributed by atoms with van der Waals surface area (Å²) < 4.78 is 29.0. The van der Waals surface area contributed by atoms with Crippen LogP contribution in [0.2, 0.25) is 0 Å². The van der Waals surface area contributed by atoms with Crippen LogP contribution in [-0.2, 0) is 29.4 Å².